The lowest BCUT2D eigenvalue weighted by molar-refractivity contribution is 0.217. The van der Waals surface area contributed by atoms with E-state index in [0.717, 1.165) is 11.3 Å². The summed E-state index contributed by atoms with van der Waals surface area (Å²) in [4.78, 5) is 1.97. The molecule has 1 aromatic heterocycles. The van der Waals surface area contributed by atoms with Gasteiger partial charge in [0.05, 0.1) is 19.4 Å². The molecule has 0 unspecified atom stereocenters. The van der Waals surface area contributed by atoms with Crippen molar-refractivity contribution in [1.29, 1.82) is 0 Å². The van der Waals surface area contributed by atoms with Crippen LogP contribution in [0.4, 0.5) is 4.39 Å². The summed E-state index contributed by atoms with van der Waals surface area (Å²) in [5, 5.41) is 13.8. The van der Waals surface area contributed by atoms with Crippen LogP contribution in [0, 0.1) is 5.82 Å². The second-order valence-electron chi connectivity index (χ2n) is 6.09. The first-order chi connectivity index (χ1) is 12.6. The van der Waals surface area contributed by atoms with Crippen molar-refractivity contribution in [2.24, 2.45) is 0 Å². The van der Waals surface area contributed by atoms with Crippen LogP contribution in [-0.4, -0.2) is 47.1 Å². The Kier molecular flexibility index (Phi) is 5.65. The summed E-state index contributed by atoms with van der Waals surface area (Å²) in [6, 6.07) is 14.5. The monoisotopic (exact) mass is 355 g/mol. The van der Waals surface area contributed by atoms with E-state index in [2.05, 4.69) is 5.10 Å². The van der Waals surface area contributed by atoms with Crippen LogP contribution in [0.2, 0.25) is 0 Å². The highest BCUT2D eigenvalue weighted by Gasteiger charge is 2.17. The number of benzene rings is 2. The Hall–Kier alpha value is -2.70. The maximum atomic E-state index is 14.6. The molecule has 0 atom stereocenters. The lowest BCUT2D eigenvalue weighted by atomic mass is 10.1. The molecule has 0 amide bonds. The molecular formula is C20H22FN3O2. The van der Waals surface area contributed by atoms with Crippen LogP contribution in [0.3, 0.4) is 0 Å². The Morgan fingerprint density at radius 1 is 1.19 bits per heavy atom. The molecule has 6 heteroatoms. The van der Waals surface area contributed by atoms with Crippen molar-refractivity contribution in [1.82, 2.24) is 14.7 Å². The number of nitrogens with zero attached hydrogens (tertiary/aromatic N) is 3. The quantitative estimate of drug-likeness (QED) is 0.708. The predicted octanol–water partition coefficient (Wildman–Crippen LogP) is 3.11. The number of methoxy groups -OCH3 is 1. The maximum absolute atomic E-state index is 14.6. The zero-order chi connectivity index (χ0) is 18.5. The Bertz CT molecular complexity index is 865. The number of halogens is 1. The van der Waals surface area contributed by atoms with Gasteiger partial charge in [-0.1, -0.05) is 18.2 Å². The number of para-hydroxylation sites is 1. The minimum atomic E-state index is -0.381. The number of hydrogen-bond acceptors (Lipinski definition) is 4. The zero-order valence-electron chi connectivity index (χ0n) is 14.9. The van der Waals surface area contributed by atoms with E-state index in [1.165, 1.54) is 13.2 Å². The van der Waals surface area contributed by atoms with E-state index in [9.17, 15) is 4.39 Å². The van der Waals surface area contributed by atoms with Crippen molar-refractivity contribution in [2.45, 2.75) is 6.54 Å². The highest BCUT2D eigenvalue weighted by atomic mass is 19.1. The van der Waals surface area contributed by atoms with Gasteiger partial charge in [0.25, 0.3) is 0 Å². The van der Waals surface area contributed by atoms with E-state index in [0.29, 0.717) is 30.1 Å². The normalized spacial score (nSPS) is 11.1. The average Bonchev–Trinajstić information content (AvgIpc) is 3.06. The van der Waals surface area contributed by atoms with Gasteiger partial charge < -0.3 is 9.84 Å². The minimum absolute atomic E-state index is 0.0650. The van der Waals surface area contributed by atoms with Crippen LogP contribution in [0.25, 0.3) is 16.9 Å². The van der Waals surface area contributed by atoms with Crippen molar-refractivity contribution < 1.29 is 14.2 Å². The maximum Gasteiger partial charge on any atom is 0.136 e. The molecule has 0 aliphatic heterocycles. The van der Waals surface area contributed by atoms with Gasteiger partial charge in [0.2, 0.25) is 0 Å². The van der Waals surface area contributed by atoms with Crippen LogP contribution in [0.1, 0.15) is 5.56 Å². The van der Waals surface area contributed by atoms with Gasteiger partial charge >= 0.3 is 0 Å². The summed E-state index contributed by atoms with van der Waals surface area (Å²) >= 11 is 0. The van der Waals surface area contributed by atoms with E-state index >= 15 is 0 Å². The van der Waals surface area contributed by atoms with E-state index < -0.39 is 0 Å². The van der Waals surface area contributed by atoms with Gasteiger partial charge in [0, 0.05) is 36.5 Å². The first kappa shape index (κ1) is 18.1. The summed E-state index contributed by atoms with van der Waals surface area (Å²) in [5.74, 6) is 0.0846. The van der Waals surface area contributed by atoms with Crippen molar-refractivity contribution in [3.63, 3.8) is 0 Å². The Labute approximate surface area is 152 Å². The molecule has 0 saturated carbocycles. The summed E-state index contributed by atoms with van der Waals surface area (Å²) < 4.78 is 21.5. The van der Waals surface area contributed by atoms with Crippen molar-refractivity contribution in [3.05, 3.63) is 66.1 Å². The minimum Gasteiger partial charge on any atom is -0.497 e. The summed E-state index contributed by atoms with van der Waals surface area (Å²) in [6.45, 7) is 1.14. The molecule has 3 rings (SSSR count). The lowest BCUT2D eigenvalue weighted by Gasteiger charge is -2.15. The van der Waals surface area contributed by atoms with Crippen LogP contribution in [0.15, 0.2) is 54.7 Å². The van der Waals surface area contributed by atoms with Gasteiger partial charge in [-0.25, -0.2) is 9.07 Å². The molecule has 0 saturated heterocycles. The number of likely N-dealkylation sites (N-methyl/N-ethyl adjacent to an activating group) is 1. The molecule has 1 heterocycles. The van der Waals surface area contributed by atoms with E-state index in [1.54, 1.807) is 16.8 Å². The Morgan fingerprint density at radius 3 is 2.62 bits per heavy atom. The first-order valence-corrected chi connectivity index (χ1v) is 8.39. The molecule has 26 heavy (non-hydrogen) atoms. The standard InChI is InChI=1S/C20H22FN3O2/c1-23(10-11-25)13-15-14-24(16-6-4-3-5-7-16)22-20(15)18-9-8-17(26-2)12-19(18)21/h3-9,12,14,25H,10-11,13H2,1-2H3. The largest absolute Gasteiger partial charge is 0.497 e. The van der Waals surface area contributed by atoms with Crippen LogP contribution in [0.5, 0.6) is 5.75 Å². The number of aliphatic hydroxyl groups is 1. The van der Waals surface area contributed by atoms with Crippen molar-refractivity contribution in [2.75, 3.05) is 27.3 Å². The molecule has 3 aromatic rings. The van der Waals surface area contributed by atoms with Gasteiger partial charge in [0.1, 0.15) is 17.3 Å². The van der Waals surface area contributed by atoms with Crippen LogP contribution in [-0.2, 0) is 6.54 Å². The topological polar surface area (TPSA) is 50.5 Å². The molecule has 0 fully saturated rings. The predicted molar refractivity (Wildman–Crippen MR) is 98.9 cm³/mol. The first-order valence-electron chi connectivity index (χ1n) is 8.39. The van der Waals surface area contributed by atoms with E-state index in [4.69, 9.17) is 9.84 Å². The number of rotatable bonds is 7. The van der Waals surface area contributed by atoms with Gasteiger partial charge in [-0.05, 0) is 31.3 Å². The third-order valence-electron chi connectivity index (χ3n) is 4.16. The van der Waals surface area contributed by atoms with Gasteiger partial charge in [0.15, 0.2) is 0 Å². The van der Waals surface area contributed by atoms with Crippen molar-refractivity contribution >= 4 is 0 Å². The van der Waals surface area contributed by atoms with Crippen LogP contribution >= 0.6 is 0 Å². The molecule has 2 aromatic carbocycles. The van der Waals surface area contributed by atoms with Gasteiger partial charge in [-0.2, -0.15) is 5.10 Å². The number of aromatic nitrogens is 2. The molecule has 0 radical (unpaired) electrons. The molecule has 0 bridgehead atoms. The highest BCUT2D eigenvalue weighted by molar-refractivity contribution is 5.65. The molecule has 1 N–H and O–H groups in total. The average molecular weight is 355 g/mol. The molecule has 0 aliphatic carbocycles. The fourth-order valence-electron chi connectivity index (χ4n) is 2.82. The SMILES string of the molecule is COc1ccc(-c2nn(-c3ccccc3)cc2CN(C)CCO)c(F)c1. The fourth-order valence-corrected chi connectivity index (χ4v) is 2.82. The second kappa shape index (κ2) is 8.12. The lowest BCUT2D eigenvalue weighted by Crippen LogP contribution is -2.21. The number of ether oxygens (including phenoxy) is 1. The zero-order valence-corrected chi connectivity index (χ0v) is 14.9. The highest BCUT2D eigenvalue weighted by Crippen LogP contribution is 2.29. The Balaban J connectivity index is 2.05. The summed E-state index contributed by atoms with van der Waals surface area (Å²) in [7, 11) is 3.41. The van der Waals surface area contributed by atoms with Crippen LogP contribution < -0.4 is 4.74 Å². The third-order valence-corrected chi connectivity index (χ3v) is 4.16. The van der Waals surface area contributed by atoms with E-state index in [1.807, 2.05) is 48.5 Å². The molecule has 0 spiro atoms. The van der Waals surface area contributed by atoms with Gasteiger partial charge in [-0.15, -0.1) is 0 Å². The Morgan fingerprint density at radius 2 is 1.96 bits per heavy atom. The summed E-state index contributed by atoms with van der Waals surface area (Å²) in [5.41, 5.74) is 2.79. The second-order valence-corrected chi connectivity index (χ2v) is 6.09. The molecular weight excluding hydrogens is 333 g/mol. The van der Waals surface area contributed by atoms with Crippen molar-refractivity contribution in [3.8, 4) is 22.7 Å². The molecule has 5 nitrogen and oxygen atoms in total. The smallest absolute Gasteiger partial charge is 0.136 e. The number of hydrogen-bond donors (Lipinski definition) is 1. The fraction of sp³-hybridized carbons (Fsp3) is 0.250. The number of aliphatic hydroxyl groups excluding tert-OH is 1. The molecule has 0 aliphatic rings. The molecule has 136 valence electrons. The summed E-state index contributed by atoms with van der Waals surface area (Å²) in [6.07, 6.45) is 1.90. The third kappa shape index (κ3) is 3.92. The van der Waals surface area contributed by atoms with Gasteiger partial charge in [-0.3, -0.25) is 4.90 Å². The van der Waals surface area contributed by atoms with E-state index in [-0.39, 0.29) is 12.4 Å².